The molecule has 0 bridgehead atoms. The first-order valence-corrected chi connectivity index (χ1v) is 22.0. The Bertz CT molecular complexity index is 3150. The van der Waals surface area contributed by atoms with Gasteiger partial charge in [-0.25, -0.2) is 9.97 Å². The van der Waals surface area contributed by atoms with Crippen LogP contribution >= 0.6 is 11.8 Å². The van der Waals surface area contributed by atoms with Crippen molar-refractivity contribution in [2.75, 3.05) is 0 Å². The SMILES string of the molecule is c1ccc(-c2ccc(-c3cc(-c4ccccc4-c4cccc5c4Sc4ccccc4C54c5ccccc5-c5ccccc54)nc(-c4ccc(-c5ccccc5)cc4)n3)cc2)cc1. The third kappa shape index (κ3) is 5.81. The average molecular weight is 807 g/mol. The summed E-state index contributed by atoms with van der Waals surface area (Å²) in [5, 5.41) is 0. The molecule has 12 rings (SSSR count). The van der Waals surface area contributed by atoms with E-state index in [2.05, 4.69) is 231 Å². The van der Waals surface area contributed by atoms with Gasteiger partial charge in [0.2, 0.25) is 0 Å². The van der Waals surface area contributed by atoms with Crippen LogP contribution in [0.5, 0.6) is 0 Å². The standard InChI is InChI=1S/C59H38N2S/c1-3-16-39(17-4-1)41-30-34-43(35-31-41)54-38-55(61-58(60-54)44-36-32-42(33-37-44)40-18-5-2-6-19-40)48-23-8-7-20-45(48)49-24-15-28-53-57(49)62-56-29-14-13-27-52(56)59(53)50-25-11-9-21-46(50)47-22-10-12-26-51(47)59/h1-38H. The zero-order valence-electron chi connectivity index (χ0n) is 33.7. The molecular weight excluding hydrogens is 769 g/mol. The Balaban J connectivity index is 1.05. The largest absolute Gasteiger partial charge is 0.228 e. The van der Waals surface area contributed by atoms with Gasteiger partial charge in [-0.15, -0.1) is 0 Å². The van der Waals surface area contributed by atoms with Gasteiger partial charge in [-0.2, -0.15) is 0 Å². The number of nitrogens with zero attached hydrogens (tertiary/aromatic N) is 2. The monoisotopic (exact) mass is 806 g/mol. The van der Waals surface area contributed by atoms with Crippen LogP contribution in [0.3, 0.4) is 0 Å². The van der Waals surface area contributed by atoms with Crippen molar-refractivity contribution < 1.29 is 0 Å². The molecule has 0 fully saturated rings. The van der Waals surface area contributed by atoms with Crippen LogP contribution in [0.2, 0.25) is 0 Å². The van der Waals surface area contributed by atoms with Gasteiger partial charge in [0, 0.05) is 26.5 Å². The predicted octanol–water partition coefficient (Wildman–Crippen LogP) is 15.3. The summed E-state index contributed by atoms with van der Waals surface area (Å²) < 4.78 is 0. The van der Waals surface area contributed by atoms with Crippen LogP contribution in [-0.2, 0) is 5.41 Å². The minimum atomic E-state index is -0.456. The van der Waals surface area contributed by atoms with Crippen LogP contribution in [0.1, 0.15) is 22.3 Å². The van der Waals surface area contributed by atoms with Gasteiger partial charge in [-0.3, -0.25) is 0 Å². The Morgan fingerprint density at radius 2 is 0.726 bits per heavy atom. The molecule has 3 heteroatoms. The molecule has 10 aromatic rings. The quantitative estimate of drug-likeness (QED) is 0.167. The van der Waals surface area contributed by atoms with Crippen molar-refractivity contribution in [3.05, 3.63) is 253 Å². The molecule has 0 radical (unpaired) electrons. The van der Waals surface area contributed by atoms with E-state index >= 15 is 0 Å². The molecule has 2 nitrogen and oxygen atoms in total. The van der Waals surface area contributed by atoms with Gasteiger partial charge in [0.05, 0.1) is 16.8 Å². The Morgan fingerprint density at radius 1 is 0.290 bits per heavy atom. The second-order valence-corrected chi connectivity index (χ2v) is 17.1. The molecule has 0 N–H and O–H groups in total. The maximum Gasteiger partial charge on any atom is 0.160 e. The normalized spacial score (nSPS) is 12.9. The molecule has 0 saturated carbocycles. The number of hydrogen-bond acceptors (Lipinski definition) is 3. The van der Waals surface area contributed by atoms with Crippen molar-refractivity contribution in [2.45, 2.75) is 15.2 Å². The maximum absolute atomic E-state index is 5.41. The topological polar surface area (TPSA) is 25.8 Å². The second kappa shape index (κ2) is 14.8. The van der Waals surface area contributed by atoms with Crippen LogP contribution < -0.4 is 0 Å². The van der Waals surface area contributed by atoms with E-state index in [0.29, 0.717) is 5.82 Å². The molecule has 0 atom stereocenters. The molecular formula is C59H38N2S. The third-order valence-electron chi connectivity index (χ3n) is 12.6. The summed E-state index contributed by atoms with van der Waals surface area (Å²) in [5.41, 5.74) is 19.3. The number of hydrogen-bond donors (Lipinski definition) is 0. The van der Waals surface area contributed by atoms with E-state index in [1.54, 1.807) is 0 Å². The fourth-order valence-corrected chi connectivity index (χ4v) is 11.1. The highest BCUT2D eigenvalue weighted by molar-refractivity contribution is 7.99. The van der Waals surface area contributed by atoms with Crippen LogP contribution in [0.4, 0.5) is 0 Å². The minimum Gasteiger partial charge on any atom is -0.228 e. The Labute approximate surface area is 366 Å². The molecule has 1 spiro atoms. The maximum atomic E-state index is 5.41. The lowest BCUT2D eigenvalue weighted by Gasteiger charge is -2.40. The molecule has 0 saturated heterocycles. The minimum absolute atomic E-state index is 0.456. The van der Waals surface area contributed by atoms with Crippen molar-refractivity contribution in [2.24, 2.45) is 0 Å². The highest BCUT2D eigenvalue weighted by Crippen LogP contribution is 2.63. The van der Waals surface area contributed by atoms with Gasteiger partial charge >= 0.3 is 0 Å². The summed E-state index contributed by atoms with van der Waals surface area (Å²) in [6.45, 7) is 0. The Hall–Kier alpha value is -7.59. The molecule has 1 aromatic heterocycles. The molecule has 290 valence electrons. The number of aromatic nitrogens is 2. The molecule has 0 amide bonds. The summed E-state index contributed by atoms with van der Waals surface area (Å²) >= 11 is 1.88. The van der Waals surface area contributed by atoms with Gasteiger partial charge in [0.1, 0.15) is 0 Å². The summed E-state index contributed by atoms with van der Waals surface area (Å²) in [6, 6.07) is 83.3. The summed E-state index contributed by atoms with van der Waals surface area (Å²) in [5.74, 6) is 0.690. The molecule has 2 aliphatic rings. The first-order valence-electron chi connectivity index (χ1n) is 21.1. The zero-order chi connectivity index (χ0) is 41.0. The smallest absolute Gasteiger partial charge is 0.160 e. The van der Waals surface area contributed by atoms with E-state index < -0.39 is 5.41 Å². The van der Waals surface area contributed by atoms with E-state index in [0.717, 1.165) is 39.2 Å². The van der Waals surface area contributed by atoms with E-state index in [9.17, 15) is 0 Å². The van der Waals surface area contributed by atoms with Gasteiger partial charge in [0.25, 0.3) is 0 Å². The lowest BCUT2D eigenvalue weighted by molar-refractivity contribution is 0.723. The molecule has 9 aromatic carbocycles. The summed E-state index contributed by atoms with van der Waals surface area (Å²) in [6.07, 6.45) is 0. The lowest BCUT2D eigenvalue weighted by atomic mass is 9.67. The molecule has 0 unspecified atom stereocenters. The van der Waals surface area contributed by atoms with E-state index in [1.807, 2.05) is 11.8 Å². The zero-order valence-corrected chi connectivity index (χ0v) is 34.6. The highest BCUT2D eigenvalue weighted by Gasteiger charge is 2.50. The van der Waals surface area contributed by atoms with Crippen LogP contribution in [-0.4, -0.2) is 9.97 Å². The van der Waals surface area contributed by atoms with E-state index in [1.165, 1.54) is 65.4 Å². The van der Waals surface area contributed by atoms with Gasteiger partial charge in [-0.05, 0) is 78.9 Å². The summed E-state index contributed by atoms with van der Waals surface area (Å²) in [4.78, 5) is 13.2. The van der Waals surface area contributed by atoms with Crippen molar-refractivity contribution in [1.29, 1.82) is 0 Å². The highest BCUT2D eigenvalue weighted by atomic mass is 32.2. The number of fused-ring (bicyclic) bond motifs is 9. The van der Waals surface area contributed by atoms with Crippen molar-refractivity contribution in [1.82, 2.24) is 9.97 Å². The van der Waals surface area contributed by atoms with Crippen molar-refractivity contribution in [3.63, 3.8) is 0 Å². The fraction of sp³-hybridized carbons (Fsp3) is 0.0169. The Kier molecular flexibility index (Phi) is 8.69. The van der Waals surface area contributed by atoms with Crippen LogP contribution in [0.15, 0.2) is 240 Å². The fourth-order valence-electron chi connectivity index (χ4n) is 9.80. The van der Waals surface area contributed by atoms with Crippen molar-refractivity contribution >= 4 is 11.8 Å². The molecule has 1 aliphatic heterocycles. The lowest BCUT2D eigenvalue weighted by Crippen LogP contribution is -2.32. The van der Waals surface area contributed by atoms with Gasteiger partial charge < -0.3 is 0 Å². The van der Waals surface area contributed by atoms with E-state index in [4.69, 9.17) is 9.97 Å². The van der Waals surface area contributed by atoms with Crippen LogP contribution in [0.25, 0.3) is 78.4 Å². The van der Waals surface area contributed by atoms with E-state index in [-0.39, 0.29) is 0 Å². The van der Waals surface area contributed by atoms with Gasteiger partial charge in [-0.1, -0.05) is 230 Å². The number of rotatable bonds is 6. The second-order valence-electron chi connectivity index (χ2n) is 16.0. The first-order chi connectivity index (χ1) is 30.7. The Morgan fingerprint density at radius 3 is 1.35 bits per heavy atom. The summed E-state index contributed by atoms with van der Waals surface area (Å²) in [7, 11) is 0. The number of benzene rings is 9. The average Bonchev–Trinajstić information content (AvgIpc) is 3.65. The predicted molar refractivity (Wildman–Crippen MR) is 256 cm³/mol. The van der Waals surface area contributed by atoms with Crippen LogP contribution in [0, 0.1) is 0 Å². The van der Waals surface area contributed by atoms with Gasteiger partial charge in [0.15, 0.2) is 5.82 Å². The molecule has 2 heterocycles. The molecule has 1 aliphatic carbocycles. The third-order valence-corrected chi connectivity index (χ3v) is 13.9. The van der Waals surface area contributed by atoms with Crippen molar-refractivity contribution in [3.8, 4) is 78.4 Å². The molecule has 62 heavy (non-hydrogen) atoms. The first kappa shape index (κ1) is 36.3.